The number of nitrogens with one attached hydrogen (secondary N) is 2. The van der Waals surface area contributed by atoms with Crippen LogP contribution >= 0.6 is 0 Å². The van der Waals surface area contributed by atoms with Crippen LogP contribution in [0.1, 0.15) is 20.3 Å². The normalized spacial score (nSPS) is 13.3. The first-order valence-corrected chi connectivity index (χ1v) is 8.41. The van der Waals surface area contributed by atoms with Gasteiger partial charge in [0.15, 0.2) is 0 Å². The third kappa shape index (κ3) is 4.14. The van der Waals surface area contributed by atoms with Crippen molar-refractivity contribution in [2.24, 2.45) is 5.92 Å². The summed E-state index contributed by atoms with van der Waals surface area (Å²) in [7, 11) is -4.01. The molecule has 1 aromatic carbocycles. The van der Waals surface area contributed by atoms with Gasteiger partial charge in [-0.05, 0) is 30.5 Å². The summed E-state index contributed by atoms with van der Waals surface area (Å²) < 4.78 is 26.9. The van der Waals surface area contributed by atoms with Crippen LogP contribution < -0.4 is 10.3 Å². The molecule has 3 N–H and O–H groups in total. The molecule has 0 fully saturated rings. The van der Waals surface area contributed by atoms with Crippen molar-refractivity contribution in [3.05, 3.63) is 34.7 Å². The van der Waals surface area contributed by atoms with Gasteiger partial charge in [0.2, 0.25) is 10.0 Å². The average molecular weight is 339 g/mol. The highest BCUT2D eigenvalue weighted by molar-refractivity contribution is 7.89. The Labute approximate surface area is 132 Å². The molecule has 8 nitrogen and oxygen atoms in total. The van der Waals surface area contributed by atoms with Crippen molar-refractivity contribution in [3.63, 3.8) is 0 Å². The summed E-state index contributed by atoms with van der Waals surface area (Å²) in [6, 6.07) is 2.77. The average Bonchev–Trinajstić information content (AvgIpc) is 2.45. The second-order valence-electron chi connectivity index (χ2n) is 5.57. The lowest BCUT2D eigenvalue weighted by molar-refractivity contribution is -0.139. The highest BCUT2D eigenvalue weighted by Gasteiger charge is 2.26. The number of aromatic amines is 1. The molecule has 9 heteroatoms. The van der Waals surface area contributed by atoms with Crippen LogP contribution in [-0.4, -0.2) is 35.5 Å². The van der Waals surface area contributed by atoms with Crippen LogP contribution in [0, 0.1) is 5.92 Å². The van der Waals surface area contributed by atoms with Crippen LogP contribution in [0.15, 0.2) is 34.1 Å². The molecule has 0 unspecified atom stereocenters. The molecule has 0 aliphatic rings. The molecule has 0 amide bonds. The van der Waals surface area contributed by atoms with Gasteiger partial charge in [0.25, 0.3) is 5.56 Å². The molecule has 0 radical (unpaired) electrons. The van der Waals surface area contributed by atoms with Crippen LogP contribution in [-0.2, 0) is 14.8 Å². The number of nitrogens with zero attached hydrogens (tertiary/aromatic N) is 1. The summed E-state index contributed by atoms with van der Waals surface area (Å²) in [5, 5.41) is 9.16. The smallest absolute Gasteiger partial charge is 0.321 e. The summed E-state index contributed by atoms with van der Waals surface area (Å²) in [5.41, 5.74) is 0.297. The predicted octanol–water partition coefficient (Wildman–Crippen LogP) is 0.701. The SMILES string of the molecule is CC(C)C[C@@H](NS(=O)(=O)c1ccc2[nH]c(=O)cnc2c1)C(=O)O. The molecule has 124 valence electrons. The van der Waals surface area contributed by atoms with Gasteiger partial charge >= 0.3 is 5.97 Å². The van der Waals surface area contributed by atoms with E-state index in [0.29, 0.717) is 11.0 Å². The Morgan fingerprint density at radius 2 is 2.09 bits per heavy atom. The Kier molecular flexibility index (Phi) is 4.81. The number of carboxylic acids is 1. The zero-order valence-corrected chi connectivity index (χ0v) is 13.4. The Hall–Kier alpha value is -2.26. The van der Waals surface area contributed by atoms with Crippen molar-refractivity contribution in [1.29, 1.82) is 0 Å². The molecule has 23 heavy (non-hydrogen) atoms. The molecule has 0 aliphatic carbocycles. The number of sulfonamides is 1. The Morgan fingerprint density at radius 1 is 1.39 bits per heavy atom. The zero-order valence-electron chi connectivity index (χ0n) is 12.6. The van der Waals surface area contributed by atoms with E-state index in [0.717, 1.165) is 6.20 Å². The van der Waals surface area contributed by atoms with Crippen molar-refractivity contribution < 1.29 is 18.3 Å². The van der Waals surface area contributed by atoms with Gasteiger partial charge < -0.3 is 10.1 Å². The van der Waals surface area contributed by atoms with Crippen LogP contribution in [0.4, 0.5) is 0 Å². The summed E-state index contributed by atoms with van der Waals surface area (Å²) in [6.07, 6.45) is 1.22. The van der Waals surface area contributed by atoms with Gasteiger partial charge in [-0.15, -0.1) is 0 Å². The van der Waals surface area contributed by atoms with Gasteiger partial charge in [0.05, 0.1) is 22.1 Å². The number of H-pyrrole nitrogens is 1. The first-order chi connectivity index (χ1) is 10.7. The van der Waals surface area contributed by atoms with E-state index in [1.807, 2.05) is 0 Å². The van der Waals surface area contributed by atoms with Gasteiger partial charge in [-0.2, -0.15) is 4.72 Å². The summed E-state index contributed by atoms with van der Waals surface area (Å²) in [6.45, 7) is 3.61. The van der Waals surface area contributed by atoms with Crippen molar-refractivity contribution in [2.45, 2.75) is 31.2 Å². The van der Waals surface area contributed by atoms with Crippen LogP contribution in [0.5, 0.6) is 0 Å². The van der Waals surface area contributed by atoms with Crippen molar-refractivity contribution >= 4 is 27.0 Å². The lowest BCUT2D eigenvalue weighted by Crippen LogP contribution is -2.41. The Bertz CT molecular complexity index is 889. The van der Waals surface area contributed by atoms with E-state index >= 15 is 0 Å². The predicted molar refractivity (Wildman–Crippen MR) is 83.6 cm³/mol. The number of fused-ring (bicyclic) bond motifs is 1. The van der Waals surface area contributed by atoms with E-state index in [1.54, 1.807) is 13.8 Å². The summed E-state index contributed by atoms with van der Waals surface area (Å²) >= 11 is 0. The van der Waals surface area contributed by atoms with Crippen molar-refractivity contribution in [1.82, 2.24) is 14.7 Å². The summed E-state index contributed by atoms with van der Waals surface area (Å²) in [5.74, 6) is -1.22. The minimum Gasteiger partial charge on any atom is -0.480 e. The van der Waals surface area contributed by atoms with E-state index in [2.05, 4.69) is 14.7 Å². The lowest BCUT2D eigenvalue weighted by Gasteiger charge is -2.16. The van der Waals surface area contributed by atoms with E-state index < -0.39 is 27.6 Å². The van der Waals surface area contributed by atoms with Crippen LogP contribution in [0.2, 0.25) is 0 Å². The maximum Gasteiger partial charge on any atom is 0.321 e. The molecule has 2 aromatic rings. The van der Waals surface area contributed by atoms with Crippen LogP contribution in [0.3, 0.4) is 0 Å². The number of benzene rings is 1. The van der Waals surface area contributed by atoms with Crippen molar-refractivity contribution in [3.8, 4) is 0 Å². The fourth-order valence-electron chi connectivity index (χ4n) is 2.11. The van der Waals surface area contributed by atoms with Gasteiger partial charge in [-0.1, -0.05) is 13.8 Å². The largest absolute Gasteiger partial charge is 0.480 e. The second kappa shape index (κ2) is 6.47. The van der Waals surface area contributed by atoms with Gasteiger partial charge in [0, 0.05) is 0 Å². The Morgan fingerprint density at radius 3 is 2.70 bits per heavy atom. The highest BCUT2D eigenvalue weighted by Crippen LogP contribution is 2.16. The molecule has 0 aliphatic heterocycles. The first kappa shape index (κ1) is 17.1. The minimum absolute atomic E-state index is 0.0159. The van der Waals surface area contributed by atoms with E-state index in [-0.39, 0.29) is 17.2 Å². The maximum atomic E-state index is 12.4. The van der Waals surface area contributed by atoms with Gasteiger partial charge in [0.1, 0.15) is 6.04 Å². The molecule has 0 bridgehead atoms. The molecular weight excluding hydrogens is 322 g/mol. The maximum absolute atomic E-state index is 12.4. The summed E-state index contributed by atoms with van der Waals surface area (Å²) in [4.78, 5) is 28.7. The molecule has 1 heterocycles. The minimum atomic E-state index is -4.01. The molecule has 1 atom stereocenters. The quantitative estimate of drug-likeness (QED) is 0.710. The van der Waals surface area contributed by atoms with Crippen molar-refractivity contribution in [2.75, 3.05) is 0 Å². The van der Waals surface area contributed by atoms with Gasteiger partial charge in [-0.3, -0.25) is 9.59 Å². The zero-order chi connectivity index (χ0) is 17.2. The number of hydrogen-bond donors (Lipinski definition) is 3. The highest BCUT2D eigenvalue weighted by atomic mass is 32.2. The fourth-order valence-corrected chi connectivity index (χ4v) is 3.33. The number of rotatable bonds is 6. The standard InChI is InChI=1S/C14H17N3O5S/c1-8(2)5-12(14(19)20)17-23(21,22)9-3-4-10-11(6-9)15-7-13(18)16-10/h3-4,6-8,12,17H,5H2,1-2H3,(H,16,18)(H,19,20)/t12-/m1/s1. The topological polar surface area (TPSA) is 129 Å². The molecule has 1 aromatic heterocycles. The number of aromatic nitrogens is 2. The number of carbonyl (C=O) groups is 1. The van der Waals surface area contributed by atoms with E-state index in [9.17, 15) is 18.0 Å². The lowest BCUT2D eigenvalue weighted by atomic mass is 10.1. The molecule has 0 spiro atoms. The van der Waals surface area contributed by atoms with Crippen LogP contribution in [0.25, 0.3) is 11.0 Å². The van der Waals surface area contributed by atoms with E-state index in [4.69, 9.17) is 5.11 Å². The Balaban J connectivity index is 2.36. The molecular formula is C14H17N3O5S. The second-order valence-corrected chi connectivity index (χ2v) is 7.28. The van der Waals surface area contributed by atoms with E-state index in [1.165, 1.54) is 18.2 Å². The molecule has 0 saturated heterocycles. The third-order valence-electron chi connectivity index (χ3n) is 3.16. The monoisotopic (exact) mass is 339 g/mol. The third-order valence-corrected chi connectivity index (χ3v) is 4.63. The fraction of sp³-hybridized carbons (Fsp3) is 0.357. The van der Waals surface area contributed by atoms with Gasteiger partial charge in [-0.25, -0.2) is 13.4 Å². The number of hydrogen-bond acceptors (Lipinski definition) is 5. The molecule has 2 rings (SSSR count). The number of carboxylic acid groups (broad SMARTS) is 1. The molecule has 0 saturated carbocycles. The first-order valence-electron chi connectivity index (χ1n) is 6.93. The number of aliphatic carboxylic acids is 1.